The number of hydrogen-bond acceptors (Lipinski definition) is 3. The monoisotopic (exact) mass is 296 g/mol. The first-order valence-corrected chi connectivity index (χ1v) is 7.72. The summed E-state index contributed by atoms with van der Waals surface area (Å²) in [6.07, 6.45) is 1.21. The average molecular weight is 297 g/mol. The molecule has 0 radical (unpaired) electrons. The Hall–Kier alpha value is -0.770. The highest BCUT2D eigenvalue weighted by molar-refractivity contribution is 6.31. The lowest BCUT2D eigenvalue weighted by Gasteiger charge is -2.40. The van der Waals surface area contributed by atoms with Gasteiger partial charge >= 0.3 is 0 Å². The molecule has 1 aromatic carbocycles. The van der Waals surface area contributed by atoms with E-state index in [9.17, 15) is 0 Å². The van der Waals surface area contributed by atoms with Gasteiger partial charge in [-0.05, 0) is 36.9 Å². The number of methoxy groups -OCH3 is 1. The van der Waals surface area contributed by atoms with Gasteiger partial charge in [0.05, 0.1) is 13.2 Å². The van der Waals surface area contributed by atoms with E-state index in [1.165, 1.54) is 6.42 Å². The summed E-state index contributed by atoms with van der Waals surface area (Å²) in [7, 11) is 1.68. The average Bonchev–Trinajstić information content (AvgIpc) is 2.45. The van der Waals surface area contributed by atoms with Crippen molar-refractivity contribution in [1.29, 1.82) is 0 Å². The SMILES string of the molecule is COc1cccc(Cl)c1C(CN)N1CCC(C)C(C)C1. The van der Waals surface area contributed by atoms with Crippen LogP contribution in [0.4, 0.5) is 0 Å². The minimum atomic E-state index is 0.133. The summed E-state index contributed by atoms with van der Waals surface area (Å²) in [5.74, 6) is 2.29. The second-order valence-corrected chi connectivity index (χ2v) is 6.25. The highest BCUT2D eigenvalue weighted by Crippen LogP contribution is 2.37. The topological polar surface area (TPSA) is 38.5 Å². The molecule has 1 aliphatic rings. The van der Waals surface area contributed by atoms with Crippen LogP contribution in [0, 0.1) is 11.8 Å². The van der Waals surface area contributed by atoms with Gasteiger partial charge in [-0.1, -0.05) is 31.5 Å². The van der Waals surface area contributed by atoms with Crippen molar-refractivity contribution in [3.8, 4) is 5.75 Å². The van der Waals surface area contributed by atoms with Gasteiger partial charge in [0.2, 0.25) is 0 Å². The van der Waals surface area contributed by atoms with Crippen LogP contribution in [-0.4, -0.2) is 31.6 Å². The van der Waals surface area contributed by atoms with E-state index in [0.717, 1.165) is 35.3 Å². The van der Waals surface area contributed by atoms with E-state index in [1.807, 2.05) is 18.2 Å². The van der Waals surface area contributed by atoms with Crippen molar-refractivity contribution < 1.29 is 4.74 Å². The van der Waals surface area contributed by atoms with Gasteiger partial charge in [-0.25, -0.2) is 0 Å². The number of nitrogens with zero attached hydrogens (tertiary/aromatic N) is 1. The predicted molar refractivity (Wildman–Crippen MR) is 84.3 cm³/mol. The Morgan fingerprint density at radius 1 is 1.40 bits per heavy atom. The number of halogens is 1. The van der Waals surface area contributed by atoms with E-state index in [0.29, 0.717) is 12.5 Å². The molecule has 1 saturated heterocycles. The fraction of sp³-hybridized carbons (Fsp3) is 0.625. The number of piperidine rings is 1. The predicted octanol–water partition coefficient (Wildman–Crippen LogP) is 3.33. The maximum atomic E-state index is 6.40. The van der Waals surface area contributed by atoms with Crippen molar-refractivity contribution in [2.75, 3.05) is 26.7 Å². The van der Waals surface area contributed by atoms with E-state index in [1.54, 1.807) is 7.11 Å². The van der Waals surface area contributed by atoms with Gasteiger partial charge in [0.25, 0.3) is 0 Å². The molecular formula is C16H25ClN2O. The summed E-state index contributed by atoms with van der Waals surface area (Å²) in [4.78, 5) is 2.45. The number of likely N-dealkylation sites (tertiary alicyclic amines) is 1. The van der Waals surface area contributed by atoms with Crippen LogP contribution in [0.15, 0.2) is 18.2 Å². The molecule has 0 aliphatic carbocycles. The van der Waals surface area contributed by atoms with Crippen molar-refractivity contribution in [2.45, 2.75) is 26.3 Å². The zero-order valence-corrected chi connectivity index (χ0v) is 13.4. The summed E-state index contributed by atoms with van der Waals surface area (Å²) in [5.41, 5.74) is 7.08. The Morgan fingerprint density at radius 3 is 2.75 bits per heavy atom. The van der Waals surface area contributed by atoms with E-state index in [2.05, 4.69) is 18.7 Å². The van der Waals surface area contributed by atoms with Crippen molar-refractivity contribution >= 4 is 11.6 Å². The third-order valence-corrected chi connectivity index (χ3v) is 4.93. The number of benzene rings is 1. The normalized spacial score (nSPS) is 25.4. The highest BCUT2D eigenvalue weighted by atomic mass is 35.5. The molecule has 20 heavy (non-hydrogen) atoms. The van der Waals surface area contributed by atoms with Crippen LogP contribution < -0.4 is 10.5 Å². The first-order chi connectivity index (χ1) is 9.58. The highest BCUT2D eigenvalue weighted by Gasteiger charge is 2.30. The molecule has 0 amide bonds. The molecule has 112 valence electrons. The fourth-order valence-electron chi connectivity index (χ4n) is 3.05. The number of rotatable bonds is 4. The Bertz CT molecular complexity index is 452. The van der Waals surface area contributed by atoms with Crippen LogP contribution in [0.25, 0.3) is 0 Å². The van der Waals surface area contributed by atoms with Gasteiger partial charge in [-0.2, -0.15) is 0 Å². The molecule has 4 heteroatoms. The van der Waals surface area contributed by atoms with Crippen molar-refractivity contribution in [3.63, 3.8) is 0 Å². The zero-order chi connectivity index (χ0) is 14.7. The molecule has 3 unspecified atom stereocenters. The van der Waals surface area contributed by atoms with Crippen molar-refractivity contribution in [2.24, 2.45) is 17.6 Å². The van der Waals surface area contributed by atoms with Crippen LogP contribution >= 0.6 is 11.6 Å². The summed E-state index contributed by atoms with van der Waals surface area (Å²) < 4.78 is 5.48. The van der Waals surface area contributed by atoms with E-state index >= 15 is 0 Å². The van der Waals surface area contributed by atoms with Gasteiger partial charge in [0.15, 0.2) is 0 Å². The van der Waals surface area contributed by atoms with E-state index in [-0.39, 0.29) is 6.04 Å². The quantitative estimate of drug-likeness (QED) is 0.926. The fourth-order valence-corrected chi connectivity index (χ4v) is 3.34. The van der Waals surface area contributed by atoms with Crippen LogP contribution in [-0.2, 0) is 0 Å². The summed E-state index contributed by atoms with van der Waals surface area (Å²) in [6, 6.07) is 5.92. The second-order valence-electron chi connectivity index (χ2n) is 5.85. The Balaban J connectivity index is 2.29. The third-order valence-electron chi connectivity index (χ3n) is 4.60. The molecule has 1 aromatic rings. The molecule has 3 nitrogen and oxygen atoms in total. The summed E-state index contributed by atoms with van der Waals surface area (Å²) in [5, 5.41) is 0.742. The molecule has 1 aliphatic heterocycles. The van der Waals surface area contributed by atoms with Crippen molar-refractivity contribution in [3.05, 3.63) is 28.8 Å². The molecular weight excluding hydrogens is 272 g/mol. The first kappa shape index (κ1) is 15.6. The Morgan fingerprint density at radius 2 is 2.15 bits per heavy atom. The third kappa shape index (κ3) is 3.11. The standard InChI is InChI=1S/C16H25ClN2O/c1-11-7-8-19(10-12(11)2)14(9-18)16-13(17)5-4-6-15(16)20-3/h4-6,11-12,14H,7-10,18H2,1-3H3. The molecule has 2 rings (SSSR count). The van der Waals surface area contributed by atoms with E-state index < -0.39 is 0 Å². The summed E-state index contributed by atoms with van der Waals surface area (Å²) >= 11 is 6.40. The largest absolute Gasteiger partial charge is 0.496 e. The lowest BCUT2D eigenvalue weighted by atomic mass is 9.87. The zero-order valence-electron chi connectivity index (χ0n) is 12.6. The molecule has 0 aromatic heterocycles. The van der Waals surface area contributed by atoms with Crippen LogP contribution in [0.3, 0.4) is 0 Å². The minimum Gasteiger partial charge on any atom is -0.496 e. The molecule has 0 spiro atoms. The maximum absolute atomic E-state index is 6.40. The van der Waals surface area contributed by atoms with Crippen LogP contribution in [0.5, 0.6) is 5.75 Å². The molecule has 1 fully saturated rings. The van der Waals surface area contributed by atoms with Crippen LogP contribution in [0.1, 0.15) is 31.9 Å². The maximum Gasteiger partial charge on any atom is 0.125 e. The Labute approximate surface area is 127 Å². The van der Waals surface area contributed by atoms with Gasteiger partial charge in [0, 0.05) is 23.7 Å². The Kier molecular flexibility index (Phi) is 5.30. The van der Waals surface area contributed by atoms with Crippen molar-refractivity contribution in [1.82, 2.24) is 4.90 Å². The molecule has 0 saturated carbocycles. The van der Waals surface area contributed by atoms with E-state index in [4.69, 9.17) is 22.1 Å². The molecule has 1 heterocycles. The lowest BCUT2D eigenvalue weighted by Crippen LogP contribution is -2.43. The van der Waals surface area contributed by atoms with Crippen LogP contribution in [0.2, 0.25) is 5.02 Å². The van der Waals surface area contributed by atoms with Gasteiger partial charge in [0.1, 0.15) is 5.75 Å². The second kappa shape index (κ2) is 6.79. The summed E-state index contributed by atoms with van der Waals surface area (Å²) in [6.45, 7) is 7.34. The van der Waals surface area contributed by atoms with Gasteiger partial charge in [-0.15, -0.1) is 0 Å². The molecule has 3 atom stereocenters. The minimum absolute atomic E-state index is 0.133. The number of ether oxygens (including phenoxy) is 1. The molecule has 2 N–H and O–H groups in total. The molecule has 0 bridgehead atoms. The van der Waals surface area contributed by atoms with Gasteiger partial charge in [-0.3, -0.25) is 4.90 Å². The lowest BCUT2D eigenvalue weighted by molar-refractivity contribution is 0.0971. The smallest absolute Gasteiger partial charge is 0.125 e. The number of nitrogens with two attached hydrogens (primary N) is 1. The first-order valence-electron chi connectivity index (χ1n) is 7.35. The van der Waals surface area contributed by atoms with Gasteiger partial charge < -0.3 is 10.5 Å². The number of hydrogen-bond donors (Lipinski definition) is 1.